The Bertz CT molecular complexity index is 1290. The van der Waals surface area contributed by atoms with Gasteiger partial charge < -0.3 is 4.74 Å². The van der Waals surface area contributed by atoms with Crippen molar-refractivity contribution in [1.82, 2.24) is 15.2 Å². The van der Waals surface area contributed by atoms with Crippen LogP contribution < -0.4 is 0 Å². The Morgan fingerprint density at radius 1 is 1.13 bits per heavy atom. The van der Waals surface area contributed by atoms with E-state index in [4.69, 9.17) is 16.3 Å². The molecule has 1 atom stereocenters. The number of esters is 1. The number of carbonyl (C=O) groups excluding carboxylic acids is 1. The Kier molecular flexibility index (Phi) is 5.70. The number of aromatic amines is 1. The number of benzene rings is 2. The van der Waals surface area contributed by atoms with Crippen molar-refractivity contribution < 1.29 is 9.53 Å². The average molecular weight is 431 g/mol. The molecule has 0 fully saturated rings. The minimum atomic E-state index is -1.15. The summed E-state index contributed by atoms with van der Waals surface area (Å²) in [5.74, 6) is -1.77. The molecule has 154 valence electrons. The van der Waals surface area contributed by atoms with E-state index in [2.05, 4.69) is 15.2 Å². The number of pyridine rings is 1. The molecule has 6 nitrogen and oxygen atoms in total. The van der Waals surface area contributed by atoms with Crippen molar-refractivity contribution in [2.45, 2.75) is 19.8 Å². The summed E-state index contributed by atoms with van der Waals surface area (Å²) in [6, 6.07) is 19.3. The minimum absolute atomic E-state index is 0.180. The first-order valence-corrected chi connectivity index (χ1v) is 10.2. The Morgan fingerprint density at radius 2 is 1.81 bits per heavy atom. The molecule has 0 aliphatic heterocycles. The van der Waals surface area contributed by atoms with Gasteiger partial charge in [0, 0.05) is 21.8 Å². The lowest BCUT2D eigenvalue weighted by molar-refractivity contribution is -0.143. The molecule has 0 saturated carbocycles. The molecular weight excluding hydrogens is 412 g/mol. The predicted molar refractivity (Wildman–Crippen MR) is 119 cm³/mol. The topological polar surface area (TPSA) is 91.7 Å². The van der Waals surface area contributed by atoms with Gasteiger partial charge in [-0.05, 0) is 37.1 Å². The van der Waals surface area contributed by atoms with Crippen molar-refractivity contribution in [1.29, 1.82) is 5.26 Å². The molecule has 0 aliphatic carbocycles. The van der Waals surface area contributed by atoms with Crippen molar-refractivity contribution in [2.24, 2.45) is 0 Å². The van der Waals surface area contributed by atoms with Gasteiger partial charge in [-0.2, -0.15) is 10.4 Å². The first-order valence-electron chi connectivity index (χ1n) is 9.81. The second-order valence-electron chi connectivity index (χ2n) is 6.97. The molecule has 0 aliphatic rings. The molecule has 0 bridgehead atoms. The Morgan fingerprint density at radius 3 is 2.45 bits per heavy atom. The number of rotatable bonds is 5. The van der Waals surface area contributed by atoms with Crippen molar-refractivity contribution in [2.75, 3.05) is 6.61 Å². The highest BCUT2D eigenvalue weighted by molar-refractivity contribution is 6.30. The number of fused-ring (bicyclic) bond motifs is 1. The van der Waals surface area contributed by atoms with Gasteiger partial charge in [-0.25, -0.2) is 4.98 Å². The number of carbonyl (C=O) groups is 1. The monoisotopic (exact) mass is 430 g/mol. The smallest absolute Gasteiger partial charge is 0.329 e. The number of hydrogen-bond acceptors (Lipinski definition) is 5. The van der Waals surface area contributed by atoms with Crippen molar-refractivity contribution in [3.8, 4) is 28.3 Å². The maximum absolute atomic E-state index is 12.5. The van der Waals surface area contributed by atoms with E-state index in [0.29, 0.717) is 21.7 Å². The molecule has 7 heteroatoms. The molecular formula is C24H19ClN4O2. The lowest BCUT2D eigenvalue weighted by Gasteiger charge is -2.16. The van der Waals surface area contributed by atoms with E-state index in [9.17, 15) is 10.1 Å². The Labute approximate surface area is 184 Å². The summed E-state index contributed by atoms with van der Waals surface area (Å²) in [6.45, 7) is 3.80. The second-order valence-corrected chi connectivity index (χ2v) is 7.41. The second kappa shape index (κ2) is 8.58. The number of ether oxygens (including phenoxy) is 1. The van der Waals surface area contributed by atoms with Gasteiger partial charge in [0.05, 0.1) is 23.8 Å². The van der Waals surface area contributed by atoms with Crippen molar-refractivity contribution in [3.63, 3.8) is 0 Å². The van der Waals surface area contributed by atoms with E-state index in [1.54, 1.807) is 19.1 Å². The van der Waals surface area contributed by atoms with E-state index in [1.807, 2.05) is 55.5 Å². The highest BCUT2D eigenvalue weighted by Gasteiger charge is 2.29. The number of aromatic nitrogens is 3. The fraction of sp³-hybridized carbons (Fsp3) is 0.167. The van der Waals surface area contributed by atoms with Crippen LogP contribution in [0.4, 0.5) is 0 Å². The molecule has 0 saturated heterocycles. The first kappa shape index (κ1) is 20.6. The molecule has 31 heavy (non-hydrogen) atoms. The van der Waals surface area contributed by atoms with Gasteiger partial charge in [0.1, 0.15) is 0 Å². The van der Waals surface area contributed by atoms with Crippen LogP contribution in [0.5, 0.6) is 0 Å². The Balaban J connectivity index is 2.10. The maximum atomic E-state index is 12.5. The molecule has 4 rings (SSSR count). The van der Waals surface area contributed by atoms with Crippen LogP contribution in [0.1, 0.15) is 24.2 Å². The molecule has 0 radical (unpaired) electrons. The van der Waals surface area contributed by atoms with Crippen LogP contribution in [-0.4, -0.2) is 27.8 Å². The van der Waals surface area contributed by atoms with Crippen LogP contribution in [0.25, 0.3) is 33.3 Å². The lowest BCUT2D eigenvalue weighted by atomic mass is 9.89. The summed E-state index contributed by atoms with van der Waals surface area (Å²) in [6.07, 6.45) is 0. The first-order chi connectivity index (χ1) is 15.0. The zero-order valence-electron chi connectivity index (χ0n) is 17.0. The number of aryl methyl sites for hydroxylation is 1. The average Bonchev–Trinajstić information content (AvgIpc) is 3.18. The number of nitriles is 1. The third-order valence-electron chi connectivity index (χ3n) is 5.05. The minimum Gasteiger partial charge on any atom is -0.465 e. The molecule has 2 aromatic heterocycles. The number of nitrogens with one attached hydrogen (secondary N) is 1. The van der Waals surface area contributed by atoms with Gasteiger partial charge in [-0.15, -0.1) is 0 Å². The fourth-order valence-corrected chi connectivity index (χ4v) is 3.85. The molecule has 1 N–H and O–H groups in total. The molecule has 2 heterocycles. The summed E-state index contributed by atoms with van der Waals surface area (Å²) in [7, 11) is 0. The largest absolute Gasteiger partial charge is 0.465 e. The summed E-state index contributed by atoms with van der Waals surface area (Å²) in [5.41, 5.74) is 5.16. The summed E-state index contributed by atoms with van der Waals surface area (Å²) < 4.78 is 5.12. The van der Waals surface area contributed by atoms with E-state index in [0.717, 1.165) is 27.9 Å². The third kappa shape index (κ3) is 3.76. The standard InChI is InChI=1S/C24H19ClN4O2/c1-3-31-24(30)18(13-26)22-21-20(16-9-11-17(25)12-10-16)19(15-7-5-4-6-8-15)14(2)27-23(21)29-28-22/h4-12,18H,3H2,1-2H3,(H,27,28,29). The van der Waals surface area contributed by atoms with E-state index < -0.39 is 11.9 Å². The molecule has 0 amide bonds. The number of nitrogens with zero attached hydrogens (tertiary/aromatic N) is 3. The lowest BCUT2D eigenvalue weighted by Crippen LogP contribution is -2.15. The van der Waals surface area contributed by atoms with Gasteiger partial charge in [0.25, 0.3) is 0 Å². The SMILES string of the molecule is CCOC(=O)C(C#N)c1[nH]nc2nc(C)c(-c3ccccc3)c(-c3ccc(Cl)cc3)c12. The predicted octanol–water partition coefficient (Wildman–Crippen LogP) is 5.42. The van der Waals surface area contributed by atoms with Crippen molar-refractivity contribution >= 4 is 28.6 Å². The van der Waals surface area contributed by atoms with E-state index >= 15 is 0 Å². The van der Waals surface area contributed by atoms with Crippen LogP contribution in [0.3, 0.4) is 0 Å². The van der Waals surface area contributed by atoms with Gasteiger partial charge in [0.15, 0.2) is 11.6 Å². The normalized spacial score (nSPS) is 11.8. The van der Waals surface area contributed by atoms with E-state index in [-0.39, 0.29) is 6.61 Å². The summed E-state index contributed by atoms with van der Waals surface area (Å²) >= 11 is 6.13. The molecule has 1 unspecified atom stereocenters. The quantitative estimate of drug-likeness (QED) is 0.426. The highest BCUT2D eigenvalue weighted by Crippen LogP contribution is 2.41. The zero-order chi connectivity index (χ0) is 22.0. The summed E-state index contributed by atoms with van der Waals surface area (Å²) in [4.78, 5) is 17.2. The number of H-pyrrole nitrogens is 1. The van der Waals surface area contributed by atoms with Gasteiger partial charge in [-0.1, -0.05) is 54.1 Å². The van der Waals surface area contributed by atoms with Crippen LogP contribution in [0.15, 0.2) is 54.6 Å². The van der Waals surface area contributed by atoms with Gasteiger partial charge in [-0.3, -0.25) is 9.89 Å². The zero-order valence-corrected chi connectivity index (χ0v) is 17.8. The van der Waals surface area contributed by atoms with Crippen LogP contribution in [-0.2, 0) is 9.53 Å². The van der Waals surface area contributed by atoms with Gasteiger partial charge in [0.2, 0.25) is 0 Å². The highest BCUT2D eigenvalue weighted by atomic mass is 35.5. The molecule has 4 aromatic rings. The van der Waals surface area contributed by atoms with Crippen LogP contribution >= 0.6 is 11.6 Å². The molecule has 2 aromatic carbocycles. The Hall–Kier alpha value is -3.69. The molecule has 0 spiro atoms. The van der Waals surface area contributed by atoms with Crippen molar-refractivity contribution in [3.05, 3.63) is 71.0 Å². The van der Waals surface area contributed by atoms with Crippen LogP contribution in [0.2, 0.25) is 5.02 Å². The third-order valence-corrected chi connectivity index (χ3v) is 5.30. The number of hydrogen-bond donors (Lipinski definition) is 1. The maximum Gasteiger partial charge on any atom is 0.329 e. The van der Waals surface area contributed by atoms with E-state index in [1.165, 1.54) is 0 Å². The number of halogens is 1. The summed E-state index contributed by atoms with van der Waals surface area (Å²) in [5, 5.41) is 18.2. The fourth-order valence-electron chi connectivity index (χ4n) is 3.73. The van der Waals surface area contributed by atoms with Crippen LogP contribution in [0, 0.1) is 18.3 Å². The van der Waals surface area contributed by atoms with Gasteiger partial charge >= 0.3 is 5.97 Å².